The van der Waals surface area contributed by atoms with E-state index in [1.807, 2.05) is 50.2 Å². The minimum Gasteiger partial charge on any atom is -0.382 e. The van der Waals surface area contributed by atoms with Crippen molar-refractivity contribution >= 4 is 16.7 Å². The van der Waals surface area contributed by atoms with Crippen LogP contribution in [0.2, 0.25) is 0 Å². The van der Waals surface area contributed by atoms with Crippen molar-refractivity contribution in [2.75, 3.05) is 0 Å². The molecule has 0 aliphatic heterocycles. The smallest absolute Gasteiger partial charge is 0.144 e. The molecule has 0 saturated heterocycles. The number of pyridine rings is 1. The topological polar surface area (TPSA) is 51.3 Å². The summed E-state index contributed by atoms with van der Waals surface area (Å²) in [5.41, 5.74) is 7.56. The van der Waals surface area contributed by atoms with Gasteiger partial charge in [-0.25, -0.2) is 4.98 Å². The fraction of sp³-hybridized carbons (Fsp3) is 0.231. The number of nitrogens with two attached hydrogens (primary N) is 1. The number of hydrogen-bond donors (Lipinski definition) is 1. The van der Waals surface area contributed by atoms with Crippen LogP contribution in [-0.2, 0) is 0 Å². The van der Waals surface area contributed by atoms with Crippen molar-refractivity contribution in [3.05, 3.63) is 42.1 Å². The van der Waals surface area contributed by atoms with Gasteiger partial charge in [-0.2, -0.15) is 0 Å². The third kappa shape index (κ3) is 2.19. The molecule has 0 bridgehead atoms. The van der Waals surface area contributed by atoms with Gasteiger partial charge in [0.1, 0.15) is 11.5 Å². The first kappa shape index (κ1) is 10.6. The summed E-state index contributed by atoms with van der Waals surface area (Å²) < 4.78 is 0. The fourth-order valence-electron chi connectivity index (χ4n) is 1.55. The molecular weight excluding hydrogens is 198 g/mol. The van der Waals surface area contributed by atoms with Crippen molar-refractivity contribution < 1.29 is 0 Å². The zero-order chi connectivity index (χ0) is 11.5. The van der Waals surface area contributed by atoms with Crippen LogP contribution >= 0.6 is 0 Å². The quantitative estimate of drug-likeness (QED) is 0.615. The summed E-state index contributed by atoms with van der Waals surface area (Å²) in [7, 11) is 0. The first-order chi connectivity index (χ1) is 7.66. The second-order valence-electron chi connectivity index (χ2n) is 4.00. The third-order valence-electron chi connectivity index (χ3n) is 2.26. The van der Waals surface area contributed by atoms with E-state index in [0.29, 0.717) is 5.84 Å². The third-order valence-corrected chi connectivity index (χ3v) is 2.26. The van der Waals surface area contributed by atoms with Gasteiger partial charge < -0.3 is 5.73 Å². The van der Waals surface area contributed by atoms with Gasteiger partial charge in [-0.3, -0.25) is 4.99 Å². The Morgan fingerprint density at radius 2 is 1.94 bits per heavy atom. The summed E-state index contributed by atoms with van der Waals surface area (Å²) in [6, 6.07) is 12.1. The molecule has 3 heteroatoms. The van der Waals surface area contributed by atoms with E-state index < -0.39 is 0 Å². The highest BCUT2D eigenvalue weighted by molar-refractivity contribution is 5.97. The van der Waals surface area contributed by atoms with E-state index in [-0.39, 0.29) is 6.04 Å². The Morgan fingerprint density at radius 3 is 2.69 bits per heavy atom. The summed E-state index contributed by atoms with van der Waals surface area (Å²) in [5.74, 6) is 0.501. The molecule has 2 N–H and O–H groups in total. The van der Waals surface area contributed by atoms with Gasteiger partial charge in [0.2, 0.25) is 0 Å². The van der Waals surface area contributed by atoms with Crippen molar-refractivity contribution in [1.29, 1.82) is 0 Å². The lowest BCUT2D eigenvalue weighted by molar-refractivity contribution is 0.833. The standard InChI is InChI=1S/C13H15N3/c1-9(2)15-13(14)12-8-7-10-5-3-4-6-11(10)16-12/h3-9H,1-2H3,(H2,14,15). The summed E-state index contributed by atoms with van der Waals surface area (Å²) in [6.07, 6.45) is 0. The molecule has 16 heavy (non-hydrogen) atoms. The van der Waals surface area contributed by atoms with E-state index in [0.717, 1.165) is 16.6 Å². The Bertz CT molecular complexity index is 529. The molecular formula is C13H15N3. The van der Waals surface area contributed by atoms with Crippen LogP contribution in [0, 0.1) is 0 Å². The van der Waals surface area contributed by atoms with Crippen molar-refractivity contribution in [3.8, 4) is 0 Å². The van der Waals surface area contributed by atoms with Gasteiger partial charge in [-0.15, -0.1) is 0 Å². The Kier molecular flexibility index (Phi) is 2.86. The first-order valence-corrected chi connectivity index (χ1v) is 5.36. The van der Waals surface area contributed by atoms with Gasteiger partial charge in [0.25, 0.3) is 0 Å². The average molecular weight is 213 g/mol. The number of nitrogens with zero attached hydrogens (tertiary/aromatic N) is 2. The number of para-hydroxylation sites is 1. The van der Waals surface area contributed by atoms with Crippen LogP contribution in [0.25, 0.3) is 10.9 Å². The molecule has 82 valence electrons. The Morgan fingerprint density at radius 1 is 1.19 bits per heavy atom. The SMILES string of the molecule is CC(C)N=C(N)c1ccc2ccccc2n1. The van der Waals surface area contributed by atoms with Crippen molar-refractivity contribution in [3.63, 3.8) is 0 Å². The molecule has 0 aliphatic rings. The molecule has 1 aromatic heterocycles. The molecule has 0 atom stereocenters. The van der Waals surface area contributed by atoms with Crippen molar-refractivity contribution in [2.45, 2.75) is 19.9 Å². The van der Waals surface area contributed by atoms with Crippen LogP contribution in [0.4, 0.5) is 0 Å². The number of rotatable bonds is 2. The Hall–Kier alpha value is -1.90. The lowest BCUT2D eigenvalue weighted by Crippen LogP contribution is -2.17. The molecule has 0 fully saturated rings. The van der Waals surface area contributed by atoms with Gasteiger partial charge >= 0.3 is 0 Å². The van der Waals surface area contributed by atoms with E-state index in [1.165, 1.54) is 0 Å². The van der Waals surface area contributed by atoms with Crippen LogP contribution in [0.5, 0.6) is 0 Å². The van der Waals surface area contributed by atoms with Crippen LogP contribution in [0.1, 0.15) is 19.5 Å². The fourth-order valence-corrected chi connectivity index (χ4v) is 1.55. The molecule has 2 aromatic rings. The van der Waals surface area contributed by atoms with E-state index >= 15 is 0 Å². The van der Waals surface area contributed by atoms with Crippen molar-refractivity contribution in [1.82, 2.24) is 4.98 Å². The molecule has 0 aliphatic carbocycles. The number of hydrogen-bond acceptors (Lipinski definition) is 2. The second-order valence-corrected chi connectivity index (χ2v) is 4.00. The molecule has 2 rings (SSSR count). The van der Waals surface area contributed by atoms with Crippen LogP contribution in [0.15, 0.2) is 41.4 Å². The number of aromatic nitrogens is 1. The summed E-state index contributed by atoms with van der Waals surface area (Å²) >= 11 is 0. The van der Waals surface area contributed by atoms with Crippen LogP contribution < -0.4 is 5.73 Å². The van der Waals surface area contributed by atoms with E-state index in [1.54, 1.807) is 0 Å². The number of benzene rings is 1. The molecule has 1 aromatic carbocycles. The lowest BCUT2D eigenvalue weighted by atomic mass is 10.2. The predicted octanol–water partition coefficient (Wildman–Crippen LogP) is 2.35. The highest BCUT2D eigenvalue weighted by Gasteiger charge is 2.02. The first-order valence-electron chi connectivity index (χ1n) is 5.36. The summed E-state index contributed by atoms with van der Waals surface area (Å²) in [5, 5.41) is 1.11. The minimum absolute atomic E-state index is 0.188. The van der Waals surface area contributed by atoms with Crippen LogP contribution in [-0.4, -0.2) is 16.9 Å². The van der Waals surface area contributed by atoms with Crippen LogP contribution in [0.3, 0.4) is 0 Å². The summed E-state index contributed by atoms with van der Waals surface area (Å²) in [4.78, 5) is 8.76. The van der Waals surface area contributed by atoms with E-state index in [4.69, 9.17) is 5.73 Å². The normalized spacial score (nSPS) is 12.3. The maximum atomic E-state index is 5.87. The van der Waals surface area contributed by atoms with Gasteiger partial charge in [0.15, 0.2) is 0 Å². The van der Waals surface area contributed by atoms with E-state index in [2.05, 4.69) is 9.98 Å². The average Bonchev–Trinajstić information content (AvgIpc) is 2.27. The largest absolute Gasteiger partial charge is 0.382 e. The zero-order valence-corrected chi connectivity index (χ0v) is 9.51. The minimum atomic E-state index is 0.188. The van der Waals surface area contributed by atoms with Gasteiger partial charge in [0, 0.05) is 11.4 Å². The second kappa shape index (κ2) is 4.31. The van der Waals surface area contributed by atoms with E-state index in [9.17, 15) is 0 Å². The molecule has 0 unspecified atom stereocenters. The Balaban J connectivity index is 2.47. The molecule has 3 nitrogen and oxygen atoms in total. The lowest BCUT2D eigenvalue weighted by Gasteiger charge is -2.04. The zero-order valence-electron chi connectivity index (χ0n) is 9.51. The maximum absolute atomic E-state index is 5.87. The highest BCUT2D eigenvalue weighted by Crippen LogP contribution is 2.11. The maximum Gasteiger partial charge on any atom is 0.144 e. The van der Waals surface area contributed by atoms with Gasteiger partial charge in [-0.1, -0.05) is 24.3 Å². The number of fused-ring (bicyclic) bond motifs is 1. The predicted molar refractivity (Wildman–Crippen MR) is 67.6 cm³/mol. The molecule has 0 amide bonds. The number of aliphatic imine (C=N–C) groups is 1. The monoisotopic (exact) mass is 213 g/mol. The molecule has 0 spiro atoms. The van der Waals surface area contributed by atoms with Crippen molar-refractivity contribution in [2.24, 2.45) is 10.7 Å². The Labute approximate surface area is 95.0 Å². The highest BCUT2D eigenvalue weighted by atomic mass is 14.9. The molecule has 0 radical (unpaired) electrons. The summed E-state index contributed by atoms with van der Waals surface area (Å²) in [6.45, 7) is 3.99. The van der Waals surface area contributed by atoms with Gasteiger partial charge in [-0.05, 0) is 26.0 Å². The molecule has 0 saturated carbocycles. The number of amidine groups is 1. The van der Waals surface area contributed by atoms with Gasteiger partial charge in [0.05, 0.1) is 5.52 Å². The molecule has 1 heterocycles.